The SMILES string of the molecule is CCC(C)CN(CC)S(=O)(=O)c1cc(CCl)ccc1OC. The predicted molar refractivity (Wildman–Crippen MR) is 86.4 cm³/mol. The average molecular weight is 334 g/mol. The number of methoxy groups -OCH3 is 1. The number of alkyl halides is 1. The van der Waals surface area contributed by atoms with Crippen LogP contribution in [0.3, 0.4) is 0 Å². The average Bonchev–Trinajstić information content (AvgIpc) is 2.51. The van der Waals surface area contributed by atoms with Gasteiger partial charge in [-0.3, -0.25) is 0 Å². The molecule has 0 N–H and O–H groups in total. The van der Waals surface area contributed by atoms with Crippen molar-refractivity contribution in [1.82, 2.24) is 4.31 Å². The minimum atomic E-state index is -3.58. The molecule has 120 valence electrons. The van der Waals surface area contributed by atoms with Crippen LogP contribution in [0.25, 0.3) is 0 Å². The fourth-order valence-corrected chi connectivity index (χ4v) is 3.96. The fourth-order valence-electron chi connectivity index (χ4n) is 2.02. The van der Waals surface area contributed by atoms with Gasteiger partial charge in [-0.25, -0.2) is 8.42 Å². The second-order valence-corrected chi connectivity index (χ2v) is 7.26. The second-order valence-electron chi connectivity index (χ2n) is 5.09. The summed E-state index contributed by atoms with van der Waals surface area (Å²) in [6, 6.07) is 5.03. The molecule has 0 radical (unpaired) electrons. The lowest BCUT2D eigenvalue weighted by atomic mass is 10.1. The molecule has 0 saturated carbocycles. The molecular weight excluding hydrogens is 310 g/mol. The highest BCUT2D eigenvalue weighted by Crippen LogP contribution is 2.29. The van der Waals surface area contributed by atoms with Crippen LogP contribution in [0, 0.1) is 5.92 Å². The lowest BCUT2D eigenvalue weighted by Gasteiger charge is -2.24. The van der Waals surface area contributed by atoms with Crippen LogP contribution in [-0.2, 0) is 15.9 Å². The van der Waals surface area contributed by atoms with Crippen molar-refractivity contribution in [3.05, 3.63) is 23.8 Å². The molecule has 0 fully saturated rings. The Morgan fingerprint density at radius 1 is 1.33 bits per heavy atom. The molecule has 21 heavy (non-hydrogen) atoms. The van der Waals surface area contributed by atoms with Crippen LogP contribution in [0.5, 0.6) is 5.75 Å². The number of ether oxygens (including phenoxy) is 1. The van der Waals surface area contributed by atoms with Crippen molar-refractivity contribution < 1.29 is 13.2 Å². The zero-order valence-electron chi connectivity index (χ0n) is 13.1. The molecule has 0 saturated heterocycles. The summed E-state index contributed by atoms with van der Waals surface area (Å²) in [6.45, 7) is 6.88. The summed E-state index contributed by atoms with van der Waals surface area (Å²) < 4.78 is 32.4. The molecule has 0 aliphatic rings. The summed E-state index contributed by atoms with van der Waals surface area (Å²) in [7, 11) is -2.11. The van der Waals surface area contributed by atoms with Crippen LogP contribution in [0.2, 0.25) is 0 Å². The molecule has 1 rings (SSSR count). The van der Waals surface area contributed by atoms with Crippen molar-refractivity contribution in [3.63, 3.8) is 0 Å². The van der Waals surface area contributed by atoms with E-state index in [4.69, 9.17) is 16.3 Å². The maximum Gasteiger partial charge on any atom is 0.246 e. The van der Waals surface area contributed by atoms with E-state index in [1.807, 2.05) is 13.8 Å². The summed E-state index contributed by atoms with van der Waals surface area (Å²) in [5.41, 5.74) is 0.760. The molecule has 0 amide bonds. The summed E-state index contributed by atoms with van der Waals surface area (Å²) in [4.78, 5) is 0.188. The summed E-state index contributed by atoms with van der Waals surface area (Å²) >= 11 is 5.82. The molecular formula is C15H24ClNO3S. The molecule has 1 unspecified atom stereocenters. The van der Waals surface area contributed by atoms with Crippen molar-refractivity contribution in [3.8, 4) is 5.75 Å². The zero-order chi connectivity index (χ0) is 16.0. The fraction of sp³-hybridized carbons (Fsp3) is 0.600. The third-order valence-electron chi connectivity index (χ3n) is 3.57. The molecule has 1 atom stereocenters. The first-order chi connectivity index (χ1) is 9.90. The number of hydrogen-bond acceptors (Lipinski definition) is 3. The van der Waals surface area contributed by atoms with Gasteiger partial charge in [-0.2, -0.15) is 4.31 Å². The monoisotopic (exact) mass is 333 g/mol. The van der Waals surface area contributed by atoms with Gasteiger partial charge in [0.1, 0.15) is 10.6 Å². The second kappa shape index (κ2) is 8.01. The molecule has 0 spiro atoms. The largest absolute Gasteiger partial charge is 0.495 e. The van der Waals surface area contributed by atoms with Gasteiger partial charge in [0.15, 0.2) is 0 Å². The molecule has 0 bridgehead atoms. The highest BCUT2D eigenvalue weighted by molar-refractivity contribution is 7.89. The van der Waals surface area contributed by atoms with E-state index < -0.39 is 10.0 Å². The van der Waals surface area contributed by atoms with Gasteiger partial charge in [-0.15, -0.1) is 11.6 Å². The maximum absolute atomic E-state index is 12.9. The number of nitrogens with zero attached hydrogens (tertiary/aromatic N) is 1. The van der Waals surface area contributed by atoms with Crippen LogP contribution in [0.1, 0.15) is 32.8 Å². The number of sulfonamides is 1. The van der Waals surface area contributed by atoms with Crippen LogP contribution >= 0.6 is 11.6 Å². The first-order valence-electron chi connectivity index (χ1n) is 7.13. The Bertz CT molecular complexity index is 560. The lowest BCUT2D eigenvalue weighted by molar-refractivity contribution is 0.356. The maximum atomic E-state index is 12.9. The van der Waals surface area contributed by atoms with Gasteiger partial charge in [0.25, 0.3) is 0 Å². The number of rotatable bonds is 8. The normalized spacial score (nSPS) is 13.4. The van der Waals surface area contributed by atoms with Crippen molar-refractivity contribution in [1.29, 1.82) is 0 Å². The van der Waals surface area contributed by atoms with E-state index in [0.29, 0.717) is 24.8 Å². The number of hydrogen-bond donors (Lipinski definition) is 0. The molecule has 0 aliphatic heterocycles. The Kier molecular flexibility index (Phi) is 6.97. The van der Waals surface area contributed by atoms with E-state index in [9.17, 15) is 8.42 Å². The zero-order valence-corrected chi connectivity index (χ0v) is 14.7. The number of halogens is 1. The minimum absolute atomic E-state index is 0.188. The Balaban J connectivity index is 3.27. The van der Waals surface area contributed by atoms with Crippen molar-refractivity contribution in [2.24, 2.45) is 5.92 Å². The van der Waals surface area contributed by atoms with Crippen LogP contribution in [0.4, 0.5) is 0 Å². The minimum Gasteiger partial charge on any atom is -0.495 e. The van der Waals surface area contributed by atoms with Gasteiger partial charge in [0, 0.05) is 19.0 Å². The van der Waals surface area contributed by atoms with Gasteiger partial charge in [-0.05, 0) is 23.6 Å². The van der Waals surface area contributed by atoms with E-state index in [1.54, 1.807) is 18.2 Å². The first-order valence-corrected chi connectivity index (χ1v) is 9.11. The van der Waals surface area contributed by atoms with Crippen molar-refractivity contribution in [2.45, 2.75) is 38.0 Å². The number of benzene rings is 1. The van der Waals surface area contributed by atoms with Crippen molar-refractivity contribution in [2.75, 3.05) is 20.2 Å². The highest BCUT2D eigenvalue weighted by Gasteiger charge is 2.27. The molecule has 0 aliphatic carbocycles. The molecule has 1 aromatic carbocycles. The smallest absolute Gasteiger partial charge is 0.246 e. The van der Waals surface area contributed by atoms with Gasteiger partial charge >= 0.3 is 0 Å². The van der Waals surface area contributed by atoms with Gasteiger partial charge in [0.2, 0.25) is 10.0 Å². The molecule has 0 aromatic heterocycles. The van der Waals surface area contributed by atoms with Crippen LogP contribution in [0.15, 0.2) is 23.1 Å². The van der Waals surface area contributed by atoms with E-state index >= 15 is 0 Å². The Morgan fingerprint density at radius 2 is 2.00 bits per heavy atom. The summed E-state index contributed by atoms with van der Waals surface area (Å²) in [5, 5.41) is 0. The standard InChI is InChI=1S/C15H24ClNO3S/c1-5-12(3)11-17(6-2)21(18,19)15-9-13(10-16)7-8-14(15)20-4/h7-9,12H,5-6,10-11H2,1-4H3. The first kappa shape index (κ1) is 18.3. The lowest BCUT2D eigenvalue weighted by Crippen LogP contribution is -2.34. The Hall–Kier alpha value is -0.780. The van der Waals surface area contributed by atoms with Crippen LogP contribution < -0.4 is 4.74 Å². The Labute approximate surface area is 133 Å². The summed E-state index contributed by atoms with van der Waals surface area (Å²) in [6.07, 6.45) is 0.935. The molecule has 4 nitrogen and oxygen atoms in total. The van der Waals surface area contributed by atoms with Crippen molar-refractivity contribution >= 4 is 21.6 Å². The van der Waals surface area contributed by atoms with E-state index in [2.05, 4.69) is 6.92 Å². The Morgan fingerprint density at radius 3 is 2.48 bits per heavy atom. The molecule has 0 heterocycles. The van der Waals surface area contributed by atoms with Gasteiger partial charge in [0.05, 0.1) is 7.11 Å². The highest BCUT2D eigenvalue weighted by atomic mass is 35.5. The van der Waals surface area contributed by atoms with Crippen LogP contribution in [-0.4, -0.2) is 32.9 Å². The summed E-state index contributed by atoms with van der Waals surface area (Å²) in [5.74, 6) is 0.928. The van der Waals surface area contributed by atoms with E-state index in [0.717, 1.165) is 12.0 Å². The topological polar surface area (TPSA) is 46.6 Å². The third kappa shape index (κ3) is 4.34. The molecule has 1 aromatic rings. The molecule has 6 heteroatoms. The predicted octanol–water partition coefficient (Wildman–Crippen LogP) is 3.49. The van der Waals surface area contributed by atoms with E-state index in [1.165, 1.54) is 11.4 Å². The van der Waals surface area contributed by atoms with E-state index in [-0.39, 0.29) is 10.8 Å². The third-order valence-corrected chi connectivity index (χ3v) is 5.84. The quantitative estimate of drug-likeness (QED) is 0.684. The van der Waals surface area contributed by atoms with Gasteiger partial charge in [-0.1, -0.05) is 33.3 Å². The van der Waals surface area contributed by atoms with Gasteiger partial charge < -0.3 is 4.74 Å².